The van der Waals surface area contributed by atoms with Gasteiger partial charge in [-0.15, -0.1) is 0 Å². The summed E-state index contributed by atoms with van der Waals surface area (Å²) in [7, 11) is -9.91. The number of hydrogen-bond donors (Lipinski definition) is 3. The van der Waals surface area contributed by atoms with E-state index >= 15 is 0 Å². The smallest absolute Gasteiger partial charge is 0.462 e. The van der Waals surface area contributed by atoms with E-state index < -0.39 is 97.5 Å². The van der Waals surface area contributed by atoms with Crippen LogP contribution >= 0.6 is 15.6 Å². The minimum absolute atomic E-state index is 0.108. The van der Waals surface area contributed by atoms with Gasteiger partial charge in [-0.2, -0.15) is 0 Å². The van der Waals surface area contributed by atoms with Gasteiger partial charge >= 0.3 is 39.5 Å². The Morgan fingerprint density at radius 1 is 0.245 bits per heavy atom. The first-order valence-corrected chi connectivity index (χ1v) is 44.3. The molecule has 3 N–H and O–H groups in total. The van der Waals surface area contributed by atoms with E-state index in [0.29, 0.717) is 25.7 Å². The number of aliphatic hydroxyl groups is 1. The van der Waals surface area contributed by atoms with Gasteiger partial charge in [0.25, 0.3) is 0 Å². The van der Waals surface area contributed by atoms with Gasteiger partial charge < -0.3 is 33.8 Å². The second-order valence-corrected chi connectivity index (χ2v) is 31.4. The fourth-order valence-electron chi connectivity index (χ4n) is 12.3. The molecule has 98 heavy (non-hydrogen) atoms. The molecule has 0 aromatic rings. The molecule has 0 spiro atoms. The zero-order valence-corrected chi connectivity index (χ0v) is 65.6. The number of ether oxygens (including phenoxy) is 4. The lowest BCUT2D eigenvalue weighted by Gasteiger charge is -2.21. The summed E-state index contributed by atoms with van der Waals surface area (Å²) >= 11 is 0. The maximum Gasteiger partial charge on any atom is 0.472 e. The van der Waals surface area contributed by atoms with Crippen molar-refractivity contribution in [2.45, 2.75) is 444 Å². The summed E-state index contributed by atoms with van der Waals surface area (Å²) in [5, 5.41) is 10.6. The molecule has 582 valence electrons. The van der Waals surface area contributed by atoms with E-state index in [1.54, 1.807) is 0 Å². The lowest BCUT2D eigenvalue weighted by molar-refractivity contribution is -0.161. The number of hydrogen-bond acceptors (Lipinski definition) is 15. The third-order valence-electron chi connectivity index (χ3n) is 18.6. The molecule has 0 bridgehead atoms. The molecule has 0 aliphatic heterocycles. The number of carbonyl (C=O) groups is 4. The highest BCUT2D eigenvalue weighted by molar-refractivity contribution is 7.47. The molecule has 0 aliphatic carbocycles. The average Bonchev–Trinajstić information content (AvgIpc) is 1.01. The lowest BCUT2D eigenvalue weighted by Crippen LogP contribution is -2.30. The zero-order chi connectivity index (χ0) is 71.8. The van der Waals surface area contributed by atoms with Crippen molar-refractivity contribution in [1.82, 2.24) is 0 Å². The standard InChI is InChI=1S/C79H154O17P2/c1-5-9-13-17-21-25-29-32-34-36-38-40-42-46-50-54-58-62-66-79(84)96-75(70-90-77(82)64-60-56-52-48-45-41-39-37-35-33-30-26-22-18-14-10-6-2)72-94-98(87,88)92-68-73(80)67-91-97(85,86)93-71-74(69-89-76(81)63-59-55-51-47-43-28-24-20-16-12-8-4)95-78(83)65-61-57-53-49-44-31-27-23-19-15-11-7-3/h73-75,80H,5-72H2,1-4H3,(H,85,86)(H,87,88)/t73-,74+,75+/m0/s1. The summed E-state index contributed by atoms with van der Waals surface area (Å²) in [6.07, 6.45) is 65.1. The highest BCUT2D eigenvalue weighted by Gasteiger charge is 2.30. The van der Waals surface area contributed by atoms with Crippen LogP contribution in [0.4, 0.5) is 0 Å². The SMILES string of the molecule is CCCCCCCCCCCCCCCCCCCCC(=O)O[C@H](COC(=O)CCCCCCCCCCCCCCCCCCC)COP(=O)(O)OC[C@@H](O)COP(=O)(O)OC[C@@H](COC(=O)CCCCCCCCCCCCC)OC(=O)CCCCCCCCCCCCCC. The number of phosphoric ester groups is 2. The third kappa shape index (κ3) is 72.4. The molecule has 19 heteroatoms. The minimum atomic E-state index is -4.96. The molecule has 0 aromatic carbocycles. The molecule has 17 nitrogen and oxygen atoms in total. The maximum atomic E-state index is 13.1. The fourth-order valence-corrected chi connectivity index (χ4v) is 13.9. The molecule has 0 radical (unpaired) electrons. The Hall–Kier alpha value is -1.94. The molecule has 2 unspecified atom stereocenters. The molecule has 0 amide bonds. The van der Waals surface area contributed by atoms with E-state index in [1.807, 2.05) is 0 Å². The summed E-state index contributed by atoms with van der Waals surface area (Å²) < 4.78 is 68.6. The third-order valence-corrected chi connectivity index (χ3v) is 20.5. The molecule has 0 rings (SSSR count). The van der Waals surface area contributed by atoms with Crippen LogP contribution in [0.1, 0.15) is 426 Å². The van der Waals surface area contributed by atoms with E-state index in [-0.39, 0.29) is 25.7 Å². The highest BCUT2D eigenvalue weighted by Crippen LogP contribution is 2.45. The van der Waals surface area contributed by atoms with Crippen LogP contribution in [0, 0.1) is 0 Å². The second kappa shape index (κ2) is 73.4. The van der Waals surface area contributed by atoms with E-state index in [1.165, 1.54) is 257 Å². The molecule has 0 fully saturated rings. The number of rotatable bonds is 80. The van der Waals surface area contributed by atoms with Gasteiger partial charge in [0, 0.05) is 25.7 Å². The molecule has 0 saturated heterocycles. The van der Waals surface area contributed by atoms with Crippen LogP contribution < -0.4 is 0 Å². The Bertz CT molecular complexity index is 1860. The van der Waals surface area contributed by atoms with E-state index in [4.69, 9.17) is 37.0 Å². The van der Waals surface area contributed by atoms with Crippen molar-refractivity contribution in [3.8, 4) is 0 Å². The first-order chi connectivity index (χ1) is 47.7. The quantitative estimate of drug-likeness (QED) is 0.0222. The van der Waals surface area contributed by atoms with Gasteiger partial charge in [-0.1, -0.05) is 374 Å². The highest BCUT2D eigenvalue weighted by atomic mass is 31.2. The maximum absolute atomic E-state index is 13.1. The molecule has 5 atom stereocenters. The van der Waals surface area contributed by atoms with Crippen molar-refractivity contribution in [2.24, 2.45) is 0 Å². The first kappa shape index (κ1) is 96.1. The Balaban J connectivity index is 5.23. The van der Waals surface area contributed by atoms with Gasteiger partial charge in [0.1, 0.15) is 19.3 Å². The lowest BCUT2D eigenvalue weighted by atomic mass is 10.0. The Labute approximate surface area is 600 Å². The summed E-state index contributed by atoms with van der Waals surface area (Å²) in [4.78, 5) is 72.9. The largest absolute Gasteiger partial charge is 0.472 e. The Morgan fingerprint density at radius 2 is 0.408 bits per heavy atom. The normalized spacial score (nSPS) is 13.8. The van der Waals surface area contributed by atoms with Crippen molar-refractivity contribution >= 4 is 39.5 Å². The Kier molecular flexibility index (Phi) is 71.9. The zero-order valence-electron chi connectivity index (χ0n) is 63.8. The predicted octanol–water partition coefficient (Wildman–Crippen LogP) is 23.8. The average molecular weight is 1440 g/mol. The summed E-state index contributed by atoms with van der Waals surface area (Å²) in [6, 6.07) is 0. The van der Waals surface area contributed by atoms with Crippen LogP contribution in [0.5, 0.6) is 0 Å². The number of unbranched alkanes of at least 4 members (excludes halogenated alkanes) is 54. The molecule has 0 saturated carbocycles. The van der Waals surface area contributed by atoms with Crippen molar-refractivity contribution in [2.75, 3.05) is 39.6 Å². The van der Waals surface area contributed by atoms with Crippen LogP contribution in [0.25, 0.3) is 0 Å². The molecule has 0 aliphatic rings. The van der Waals surface area contributed by atoms with Crippen molar-refractivity contribution in [1.29, 1.82) is 0 Å². The monoisotopic (exact) mass is 1440 g/mol. The van der Waals surface area contributed by atoms with Crippen molar-refractivity contribution in [3.63, 3.8) is 0 Å². The van der Waals surface area contributed by atoms with E-state index in [9.17, 15) is 43.2 Å². The predicted molar refractivity (Wildman–Crippen MR) is 400 cm³/mol. The van der Waals surface area contributed by atoms with Crippen LogP contribution in [0.15, 0.2) is 0 Å². The van der Waals surface area contributed by atoms with Crippen LogP contribution in [0.2, 0.25) is 0 Å². The Morgan fingerprint density at radius 3 is 0.602 bits per heavy atom. The first-order valence-electron chi connectivity index (χ1n) is 41.3. The molecular formula is C79H154O17P2. The molecular weight excluding hydrogens is 1280 g/mol. The number of aliphatic hydroxyl groups excluding tert-OH is 1. The van der Waals surface area contributed by atoms with E-state index in [2.05, 4.69) is 27.7 Å². The van der Waals surface area contributed by atoms with Crippen molar-refractivity contribution in [3.05, 3.63) is 0 Å². The van der Waals surface area contributed by atoms with Crippen LogP contribution in [-0.2, 0) is 65.4 Å². The van der Waals surface area contributed by atoms with Gasteiger partial charge in [-0.25, -0.2) is 9.13 Å². The van der Waals surface area contributed by atoms with Gasteiger partial charge in [0.2, 0.25) is 0 Å². The van der Waals surface area contributed by atoms with Crippen LogP contribution in [-0.4, -0.2) is 96.7 Å². The van der Waals surface area contributed by atoms with Gasteiger partial charge in [0.05, 0.1) is 26.4 Å². The van der Waals surface area contributed by atoms with E-state index in [0.717, 1.165) is 89.9 Å². The number of esters is 4. The van der Waals surface area contributed by atoms with Crippen molar-refractivity contribution < 1.29 is 80.2 Å². The topological polar surface area (TPSA) is 237 Å². The van der Waals surface area contributed by atoms with Crippen LogP contribution in [0.3, 0.4) is 0 Å². The second-order valence-electron chi connectivity index (χ2n) is 28.5. The number of phosphoric acid groups is 2. The summed E-state index contributed by atoms with van der Waals surface area (Å²) in [6.45, 7) is 5.01. The number of carbonyl (C=O) groups excluding carboxylic acids is 4. The van der Waals surface area contributed by atoms with Gasteiger partial charge in [-0.3, -0.25) is 37.3 Å². The fraction of sp³-hybridized carbons (Fsp3) is 0.949. The summed E-state index contributed by atoms with van der Waals surface area (Å²) in [5.74, 6) is -2.11. The summed E-state index contributed by atoms with van der Waals surface area (Å²) in [5.41, 5.74) is 0. The van der Waals surface area contributed by atoms with Gasteiger partial charge in [-0.05, 0) is 25.7 Å². The molecule has 0 aromatic heterocycles. The minimum Gasteiger partial charge on any atom is -0.462 e. The molecule has 0 heterocycles. The van der Waals surface area contributed by atoms with Gasteiger partial charge in [0.15, 0.2) is 12.2 Å².